The SMILES string of the molecule is CC/C=C\C/C=C\C/C=C\C/C=C\C/C=C\CCCCCC(=O)NC(COP(=O)([O-])OCC[N+](C)(C)C)C(O)/C=C/CC/C=C/CCCCCCCCCC. The predicted octanol–water partition coefficient (Wildman–Crippen LogP) is 11.2. The van der Waals surface area contributed by atoms with E-state index in [2.05, 4.69) is 92.1 Å². The van der Waals surface area contributed by atoms with Gasteiger partial charge in [-0.3, -0.25) is 9.36 Å². The molecule has 0 spiro atoms. The van der Waals surface area contributed by atoms with E-state index in [0.717, 1.165) is 70.6 Å². The van der Waals surface area contributed by atoms with Crippen molar-refractivity contribution in [1.29, 1.82) is 0 Å². The number of hydrogen-bond donors (Lipinski definition) is 2. The summed E-state index contributed by atoms with van der Waals surface area (Å²) >= 11 is 0. The van der Waals surface area contributed by atoms with Gasteiger partial charge >= 0.3 is 0 Å². The van der Waals surface area contributed by atoms with Crippen molar-refractivity contribution in [3.05, 3.63) is 85.1 Å². The Labute approximate surface area is 337 Å². The third-order valence-electron chi connectivity index (χ3n) is 8.84. The zero-order valence-corrected chi connectivity index (χ0v) is 36.5. The number of rotatable bonds is 37. The Morgan fingerprint density at radius 3 is 1.69 bits per heavy atom. The van der Waals surface area contributed by atoms with Crippen LogP contribution >= 0.6 is 7.82 Å². The van der Waals surface area contributed by atoms with Gasteiger partial charge < -0.3 is 28.8 Å². The topological polar surface area (TPSA) is 108 Å². The van der Waals surface area contributed by atoms with Gasteiger partial charge in [-0.2, -0.15) is 0 Å². The fourth-order valence-corrected chi connectivity index (χ4v) is 6.15. The van der Waals surface area contributed by atoms with Crippen molar-refractivity contribution in [2.24, 2.45) is 0 Å². The Kier molecular flexibility index (Phi) is 35.7. The Bertz CT molecular complexity index is 1170. The first-order chi connectivity index (χ1) is 26.5. The summed E-state index contributed by atoms with van der Waals surface area (Å²) in [6.07, 6.45) is 50.6. The summed E-state index contributed by atoms with van der Waals surface area (Å²) in [6, 6.07) is -0.924. The van der Waals surface area contributed by atoms with Crippen LogP contribution in [0.25, 0.3) is 0 Å². The molecule has 3 atom stereocenters. The first kappa shape index (κ1) is 52.7. The Morgan fingerprint density at radius 2 is 1.13 bits per heavy atom. The molecule has 0 saturated carbocycles. The van der Waals surface area contributed by atoms with Gasteiger partial charge in [0.15, 0.2) is 0 Å². The van der Waals surface area contributed by atoms with E-state index in [9.17, 15) is 19.4 Å². The highest BCUT2D eigenvalue weighted by atomic mass is 31.2. The number of nitrogens with one attached hydrogen (secondary N) is 1. The maximum absolute atomic E-state index is 12.8. The molecule has 0 radical (unpaired) electrons. The average Bonchev–Trinajstić information content (AvgIpc) is 3.13. The molecule has 0 heterocycles. The molecule has 0 fully saturated rings. The maximum Gasteiger partial charge on any atom is 0.268 e. The smallest absolute Gasteiger partial charge is 0.268 e. The minimum Gasteiger partial charge on any atom is -0.756 e. The fourth-order valence-electron chi connectivity index (χ4n) is 5.43. The molecule has 0 rings (SSSR count). The maximum atomic E-state index is 12.8. The first-order valence-corrected chi connectivity index (χ1v) is 22.9. The quantitative estimate of drug-likeness (QED) is 0.0281. The molecular weight excluding hydrogens is 707 g/mol. The molecule has 9 heteroatoms. The zero-order valence-electron chi connectivity index (χ0n) is 35.6. The molecule has 316 valence electrons. The molecule has 0 aliphatic heterocycles. The summed E-state index contributed by atoms with van der Waals surface area (Å²) in [5.41, 5.74) is 0. The van der Waals surface area contributed by atoms with E-state index in [4.69, 9.17) is 9.05 Å². The number of amides is 1. The molecule has 0 aromatic rings. The summed E-state index contributed by atoms with van der Waals surface area (Å²) in [5, 5.41) is 13.7. The second-order valence-corrected chi connectivity index (χ2v) is 16.7. The van der Waals surface area contributed by atoms with Gasteiger partial charge in [-0.15, -0.1) is 0 Å². The number of allylic oxidation sites excluding steroid dienone is 13. The number of phosphoric ester groups is 1. The third kappa shape index (κ3) is 39.7. The van der Waals surface area contributed by atoms with E-state index < -0.39 is 26.6 Å². The van der Waals surface area contributed by atoms with E-state index in [-0.39, 0.29) is 18.9 Å². The lowest BCUT2D eigenvalue weighted by Crippen LogP contribution is -2.45. The Balaban J connectivity index is 4.58. The minimum absolute atomic E-state index is 0.0179. The predicted molar refractivity (Wildman–Crippen MR) is 233 cm³/mol. The van der Waals surface area contributed by atoms with E-state index in [1.807, 2.05) is 27.2 Å². The molecule has 2 N–H and O–H groups in total. The van der Waals surface area contributed by atoms with Crippen molar-refractivity contribution in [3.8, 4) is 0 Å². The van der Waals surface area contributed by atoms with Crippen LogP contribution in [0, 0.1) is 0 Å². The molecule has 55 heavy (non-hydrogen) atoms. The molecule has 3 unspecified atom stereocenters. The highest BCUT2D eigenvalue weighted by molar-refractivity contribution is 7.45. The summed E-state index contributed by atoms with van der Waals surface area (Å²) < 4.78 is 23.1. The lowest BCUT2D eigenvalue weighted by atomic mass is 10.1. The number of nitrogens with zero attached hydrogens (tertiary/aromatic N) is 1. The third-order valence-corrected chi connectivity index (χ3v) is 9.80. The van der Waals surface area contributed by atoms with Crippen LogP contribution in [0.4, 0.5) is 0 Å². The number of quaternary nitrogens is 1. The van der Waals surface area contributed by atoms with Crippen LogP contribution in [-0.4, -0.2) is 68.5 Å². The Morgan fingerprint density at radius 1 is 0.655 bits per heavy atom. The highest BCUT2D eigenvalue weighted by Crippen LogP contribution is 2.38. The molecule has 0 aromatic heterocycles. The second kappa shape index (κ2) is 37.3. The van der Waals surface area contributed by atoms with Gasteiger partial charge in [0.05, 0.1) is 39.9 Å². The largest absolute Gasteiger partial charge is 0.756 e. The van der Waals surface area contributed by atoms with Gasteiger partial charge in [-0.25, -0.2) is 0 Å². The number of hydrogen-bond acceptors (Lipinski definition) is 6. The molecule has 0 saturated heterocycles. The number of likely N-dealkylation sites (N-methyl/N-ethyl adjacent to an activating group) is 1. The lowest BCUT2D eigenvalue weighted by molar-refractivity contribution is -0.870. The normalized spacial score (nSPS) is 15.3. The van der Waals surface area contributed by atoms with E-state index >= 15 is 0 Å². The summed E-state index contributed by atoms with van der Waals surface area (Å²) in [5.74, 6) is -0.244. The zero-order chi connectivity index (χ0) is 40.7. The van der Waals surface area contributed by atoms with Crippen LogP contribution in [-0.2, 0) is 18.4 Å². The van der Waals surface area contributed by atoms with Crippen molar-refractivity contribution in [2.45, 2.75) is 161 Å². The summed E-state index contributed by atoms with van der Waals surface area (Å²) in [7, 11) is 1.20. The van der Waals surface area contributed by atoms with Crippen LogP contribution in [0.2, 0.25) is 0 Å². The first-order valence-electron chi connectivity index (χ1n) is 21.4. The van der Waals surface area contributed by atoms with Crippen LogP contribution in [0.15, 0.2) is 85.1 Å². The van der Waals surface area contributed by atoms with Crippen molar-refractivity contribution in [2.75, 3.05) is 40.9 Å². The van der Waals surface area contributed by atoms with Gasteiger partial charge in [0.25, 0.3) is 7.82 Å². The van der Waals surface area contributed by atoms with Gasteiger partial charge in [0, 0.05) is 6.42 Å². The van der Waals surface area contributed by atoms with Gasteiger partial charge in [-0.05, 0) is 77.0 Å². The monoisotopic (exact) mass is 789 g/mol. The molecule has 8 nitrogen and oxygen atoms in total. The number of carbonyl (C=O) groups is 1. The molecule has 0 aliphatic rings. The average molecular weight is 789 g/mol. The summed E-state index contributed by atoms with van der Waals surface area (Å²) in [4.78, 5) is 25.3. The molecular formula is C46H81N2O6P. The van der Waals surface area contributed by atoms with Crippen LogP contribution < -0.4 is 10.2 Å². The number of unbranched alkanes of at least 4 members (excludes halogenated alkanes) is 12. The number of aliphatic hydroxyl groups is 1. The van der Waals surface area contributed by atoms with Gasteiger partial charge in [0.1, 0.15) is 13.2 Å². The summed E-state index contributed by atoms with van der Waals surface area (Å²) in [6.45, 7) is 4.44. The number of aliphatic hydroxyl groups excluding tert-OH is 1. The molecule has 0 aromatic carbocycles. The molecule has 1 amide bonds. The van der Waals surface area contributed by atoms with E-state index in [1.54, 1.807) is 6.08 Å². The second-order valence-electron chi connectivity index (χ2n) is 15.3. The van der Waals surface area contributed by atoms with Gasteiger partial charge in [-0.1, -0.05) is 150 Å². The van der Waals surface area contributed by atoms with Crippen LogP contribution in [0.1, 0.15) is 149 Å². The lowest BCUT2D eigenvalue weighted by Gasteiger charge is -2.29. The molecule has 0 aliphatic carbocycles. The van der Waals surface area contributed by atoms with Crippen molar-refractivity contribution >= 4 is 13.7 Å². The van der Waals surface area contributed by atoms with Crippen molar-refractivity contribution < 1.29 is 32.9 Å². The Hall–Kier alpha value is -2.32. The van der Waals surface area contributed by atoms with Crippen molar-refractivity contribution in [1.82, 2.24) is 5.32 Å². The van der Waals surface area contributed by atoms with Crippen LogP contribution in [0.5, 0.6) is 0 Å². The highest BCUT2D eigenvalue weighted by Gasteiger charge is 2.23. The van der Waals surface area contributed by atoms with Gasteiger partial charge in [0.2, 0.25) is 5.91 Å². The number of phosphoric acid groups is 1. The van der Waals surface area contributed by atoms with Crippen molar-refractivity contribution in [3.63, 3.8) is 0 Å². The number of carbonyl (C=O) groups excluding carboxylic acids is 1. The van der Waals surface area contributed by atoms with Crippen LogP contribution in [0.3, 0.4) is 0 Å². The van der Waals surface area contributed by atoms with E-state index in [0.29, 0.717) is 17.4 Å². The van der Waals surface area contributed by atoms with E-state index in [1.165, 1.54) is 51.4 Å². The molecule has 0 bridgehead atoms. The minimum atomic E-state index is -4.61. The fraction of sp³-hybridized carbons (Fsp3) is 0.674. The standard InChI is InChI=1S/C46H81N2O6P/c1-6-8-10-12-14-16-18-20-22-23-24-25-26-28-30-32-34-36-38-40-46(50)47-44(43-54-55(51,52)53-42-41-48(3,4)5)45(49)39-37-35-33-31-29-27-21-19-17-15-13-11-9-7-2/h8,10,14,16,20,22,24-25,28-31,37,39,44-45,49H,6-7,9,11-13,15,17-19,21,23,26-27,32-36,38,40-43H2,1-5H3,(H-,47,50,51,52)/b10-8-,16-14-,22-20-,25-24-,30-28-,31-29+,39-37+.